The molecule has 136 valence electrons. The minimum Gasteiger partial charge on any atom is -0.361 e. The third-order valence-corrected chi connectivity index (χ3v) is 4.94. The molecule has 26 heavy (non-hydrogen) atoms. The Hall–Kier alpha value is -2.61. The summed E-state index contributed by atoms with van der Waals surface area (Å²) >= 11 is 1.56. The average Bonchev–Trinajstić information content (AvgIpc) is 3.26. The number of benzene rings is 1. The molecule has 0 unspecified atom stereocenters. The lowest BCUT2D eigenvalue weighted by Crippen LogP contribution is -2.24. The van der Waals surface area contributed by atoms with Crippen molar-refractivity contribution in [3.63, 3.8) is 0 Å². The standard InChI is InChI=1S/C18H21N5O2S/c1-13-17(14(2)25-22-13)9-26-10-18(24)20-7-15-3-5-16(6-4-15)8-23-12-19-11-21-23/h3-6,11-12H,7-10H2,1-2H3,(H,20,24). The summed E-state index contributed by atoms with van der Waals surface area (Å²) < 4.78 is 6.90. The van der Waals surface area contributed by atoms with Gasteiger partial charge in [0.05, 0.1) is 18.0 Å². The predicted molar refractivity (Wildman–Crippen MR) is 99.6 cm³/mol. The molecule has 0 saturated carbocycles. The number of carbonyl (C=O) groups is 1. The fourth-order valence-corrected chi connectivity index (χ4v) is 3.48. The maximum Gasteiger partial charge on any atom is 0.230 e. The van der Waals surface area contributed by atoms with E-state index >= 15 is 0 Å². The third kappa shape index (κ3) is 4.95. The molecule has 1 N–H and O–H groups in total. The van der Waals surface area contributed by atoms with E-state index in [1.54, 1.807) is 22.8 Å². The molecule has 3 aromatic rings. The van der Waals surface area contributed by atoms with Crippen LogP contribution < -0.4 is 5.32 Å². The Labute approximate surface area is 156 Å². The first kappa shape index (κ1) is 18.2. The van der Waals surface area contributed by atoms with Crippen LogP contribution in [0.4, 0.5) is 0 Å². The lowest BCUT2D eigenvalue weighted by Gasteiger charge is -2.07. The smallest absolute Gasteiger partial charge is 0.230 e. The van der Waals surface area contributed by atoms with Crippen LogP contribution in [-0.2, 0) is 23.6 Å². The van der Waals surface area contributed by atoms with Gasteiger partial charge in [0.2, 0.25) is 5.91 Å². The molecule has 0 aliphatic carbocycles. The number of nitrogens with zero attached hydrogens (tertiary/aromatic N) is 4. The highest BCUT2D eigenvalue weighted by Gasteiger charge is 2.10. The second kappa shape index (κ2) is 8.66. The average molecular weight is 371 g/mol. The number of carbonyl (C=O) groups excluding carboxylic acids is 1. The first-order valence-electron chi connectivity index (χ1n) is 8.28. The summed E-state index contributed by atoms with van der Waals surface area (Å²) in [6, 6.07) is 8.11. The molecule has 8 heteroatoms. The Balaban J connectivity index is 1.40. The van der Waals surface area contributed by atoms with Gasteiger partial charge in [0, 0.05) is 17.9 Å². The maximum absolute atomic E-state index is 12.0. The fourth-order valence-electron chi connectivity index (χ4n) is 2.47. The largest absolute Gasteiger partial charge is 0.361 e. The molecule has 1 aromatic carbocycles. The first-order chi connectivity index (χ1) is 12.6. The van der Waals surface area contributed by atoms with Gasteiger partial charge < -0.3 is 9.84 Å². The zero-order valence-electron chi connectivity index (χ0n) is 14.8. The normalized spacial score (nSPS) is 10.8. The highest BCUT2D eigenvalue weighted by atomic mass is 32.2. The SMILES string of the molecule is Cc1noc(C)c1CSCC(=O)NCc1ccc(Cn2cncn2)cc1. The van der Waals surface area contributed by atoms with Crippen LogP contribution in [-0.4, -0.2) is 31.6 Å². The molecule has 0 saturated heterocycles. The minimum atomic E-state index is 0.0217. The van der Waals surface area contributed by atoms with Crippen molar-refractivity contribution in [1.82, 2.24) is 25.2 Å². The van der Waals surface area contributed by atoms with Crippen LogP contribution in [0, 0.1) is 13.8 Å². The Bertz CT molecular complexity index is 824. The summed E-state index contributed by atoms with van der Waals surface area (Å²) in [6.45, 7) is 5.01. The lowest BCUT2D eigenvalue weighted by molar-refractivity contribution is -0.118. The number of hydrogen-bond donors (Lipinski definition) is 1. The number of aromatic nitrogens is 4. The molecule has 1 amide bonds. The van der Waals surface area contributed by atoms with E-state index in [2.05, 4.69) is 20.6 Å². The molecule has 0 fully saturated rings. The van der Waals surface area contributed by atoms with E-state index in [9.17, 15) is 4.79 Å². The van der Waals surface area contributed by atoms with Gasteiger partial charge in [0.25, 0.3) is 0 Å². The number of rotatable bonds is 8. The summed E-state index contributed by atoms with van der Waals surface area (Å²) in [5.41, 5.74) is 4.17. The van der Waals surface area contributed by atoms with Crippen LogP contribution in [0.3, 0.4) is 0 Å². The van der Waals surface area contributed by atoms with Crippen LogP contribution in [0.25, 0.3) is 0 Å². The second-order valence-corrected chi connectivity index (χ2v) is 6.97. The molecule has 3 rings (SSSR count). The monoisotopic (exact) mass is 371 g/mol. The first-order valence-corrected chi connectivity index (χ1v) is 9.43. The van der Waals surface area contributed by atoms with Crippen molar-refractivity contribution in [2.75, 3.05) is 5.75 Å². The highest BCUT2D eigenvalue weighted by molar-refractivity contribution is 7.99. The van der Waals surface area contributed by atoms with Crippen molar-refractivity contribution in [3.05, 3.63) is 65.1 Å². The van der Waals surface area contributed by atoms with Gasteiger partial charge in [-0.25, -0.2) is 9.67 Å². The topological polar surface area (TPSA) is 85.8 Å². The number of thioether (sulfide) groups is 1. The number of hydrogen-bond acceptors (Lipinski definition) is 6. The zero-order valence-corrected chi connectivity index (χ0v) is 15.6. The fraction of sp³-hybridized carbons (Fsp3) is 0.333. The van der Waals surface area contributed by atoms with E-state index in [1.807, 2.05) is 38.1 Å². The van der Waals surface area contributed by atoms with Gasteiger partial charge in [-0.3, -0.25) is 4.79 Å². The Morgan fingerprint density at radius 1 is 1.23 bits per heavy atom. The molecule has 0 aliphatic heterocycles. The summed E-state index contributed by atoms with van der Waals surface area (Å²) in [6.07, 6.45) is 3.21. The van der Waals surface area contributed by atoms with Gasteiger partial charge in [0.1, 0.15) is 18.4 Å². The van der Waals surface area contributed by atoms with Crippen LogP contribution in [0.1, 0.15) is 28.1 Å². The van der Waals surface area contributed by atoms with Gasteiger partial charge in [-0.05, 0) is 25.0 Å². The maximum atomic E-state index is 12.0. The quantitative estimate of drug-likeness (QED) is 0.655. The van der Waals surface area contributed by atoms with Gasteiger partial charge >= 0.3 is 0 Å². The summed E-state index contributed by atoms with van der Waals surface area (Å²) in [7, 11) is 0. The summed E-state index contributed by atoms with van der Waals surface area (Å²) in [5, 5.41) is 11.0. The number of amides is 1. The molecule has 2 aromatic heterocycles. The van der Waals surface area contributed by atoms with Crippen LogP contribution in [0.5, 0.6) is 0 Å². The van der Waals surface area contributed by atoms with Crippen LogP contribution in [0.2, 0.25) is 0 Å². The van der Waals surface area contributed by atoms with Crippen LogP contribution in [0.15, 0.2) is 41.4 Å². The molecular formula is C18H21N5O2S. The van der Waals surface area contributed by atoms with E-state index in [0.29, 0.717) is 18.8 Å². The van der Waals surface area contributed by atoms with E-state index in [1.165, 1.54) is 6.33 Å². The third-order valence-electron chi connectivity index (χ3n) is 3.98. The van der Waals surface area contributed by atoms with E-state index in [4.69, 9.17) is 4.52 Å². The molecular weight excluding hydrogens is 350 g/mol. The Morgan fingerprint density at radius 2 is 2.00 bits per heavy atom. The zero-order chi connectivity index (χ0) is 18.4. The lowest BCUT2D eigenvalue weighted by atomic mass is 10.1. The Morgan fingerprint density at radius 3 is 2.65 bits per heavy atom. The second-order valence-electron chi connectivity index (χ2n) is 5.98. The molecule has 0 aliphatic rings. The van der Waals surface area contributed by atoms with Crippen molar-refractivity contribution < 1.29 is 9.32 Å². The van der Waals surface area contributed by atoms with Gasteiger partial charge in [-0.2, -0.15) is 5.10 Å². The number of nitrogens with one attached hydrogen (secondary N) is 1. The molecule has 0 radical (unpaired) electrons. The van der Waals surface area contributed by atoms with Gasteiger partial charge in [-0.1, -0.05) is 29.4 Å². The predicted octanol–water partition coefficient (Wildman–Crippen LogP) is 2.48. The van der Waals surface area contributed by atoms with Gasteiger partial charge in [-0.15, -0.1) is 11.8 Å². The highest BCUT2D eigenvalue weighted by Crippen LogP contribution is 2.19. The van der Waals surface area contributed by atoms with Crippen molar-refractivity contribution in [2.24, 2.45) is 0 Å². The molecule has 0 atom stereocenters. The summed E-state index contributed by atoms with van der Waals surface area (Å²) in [5.74, 6) is 1.98. The van der Waals surface area contributed by atoms with Crippen molar-refractivity contribution in [3.8, 4) is 0 Å². The van der Waals surface area contributed by atoms with Gasteiger partial charge in [0.15, 0.2) is 0 Å². The molecule has 0 spiro atoms. The Kier molecular flexibility index (Phi) is 6.06. The van der Waals surface area contributed by atoms with E-state index in [0.717, 1.165) is 33.9 Å². The molecule has 0 bridgehead atoms. The minimum absolute atomic E-state index is 0.0217. The summed E-state index contributed by atoms with van der Waals surface area (Å²) in [4.78, 5) is 15.9. The van der Waals surface area contributed by atoms with Crippen LogP contribution >= 0.6 is 11.8 Å². The molecule has 2 heterocycles. The van der Waals surface area contributed by atoms with Crippen molar-refractivity contribution in [2.45, 2.75) is 32.7 Å². The molecule has 7 nitrogen and oxygen atoms in total. The van der Waals surface area contributed by atoms with E-state index in [-0.39, 0.29) is 5.91 Å². The number of aryl methyl sites for hydroxylation is 2. The van der Waals surface area contributed by atoms with Crippen molar-refractivity contribution in [1.29, 1.82) is 0 Å². The van der Waals surface area contributed by atoms with Crippen molar-refractivity contribution >= 4 is 17.7 Å². The van der Waals surface area contributed by atoms with E-state index < -0.39 is 0 Å².